The van der Waals surface area contributed by atoms with Crippen molar-refractivity contribution in [3.63, 3.8) is 0 Å². The first-order valence-electron chi connectivity index (χ1n) is 13.5. The number of halogens is 4. The molecule has 2 aromatic heterocycles. The zero-order valence-electron chi connectivity index (χ0n) is 22.7. The minimum Gasteiger partial charge on any atom is -0.331 e. The highest BCUT2D eigenvalue weighted by Crippen LogP contribution is 2.38. The minimum atomic E-state index is -4.71. The topological polar surface area (TPSA) is 93.3 Å². The van der Waals surface area contributed by atoms with Crippen LogP contribution in [0.25, 0.3) is 0 Å². The highest BCUT2D eigenvalue weighted by atomic mass is 35.5. The SMILES string of the molecule is CC(c1cnn(C2CC2)c(=O)c1)N1C[C@@H](C)n2nc3c(c2C1=O)CN(C(=O)c1ccc(Cl)c(C(F)(F)F)c1)[C@H](C)C3. The first-order valence-corrected chi connectivity index (χ1v) is 13.9. The zero-order chi connectivity index (χ0) is 29.4. The van der Waals surface area contributed by atoms with Crippen LogP contribution in [-0.2, 0) is 19.1 Å². The van der Waals surface area contributed by atoms with Crippen LogP contribution in [-0.4, -0.2) is 53.8 Å². The van der Waals surface area contributed by atoms with Gasteiger partial charge in [0.2, 0.25) is 0 Å². The lowest BCUT2D eigenvalue weighted by atomic mass is 9.96. The Hall–Kier alpha value is -3.67. The number of aromatic nitrogens is 4. The number of nitrogens with zero attached hydrogens (tertiary/aromatic N) is 6. The fraction of sp³-hybridized carbons (Fsp3) is 0.464. The number of hydrogen-bond donors (Lipinski definition) is 0. The van der Waals surface area contributed by atoms with E-state index in [1.807, 2.05) is 13.8 Å². The summed E-state index contributed by atoms with van der Waals surface area (Å²) in [6, 6.07) is 3.81. The van der Waals surface area contributed by atoms with Crippen molar-refractivity contribution in [1.82, 2.24) is 29.4 Å². The van der Waals surface area contributed by atoms with Crippen molar-refractivity contribution < 1.29 is 22.8 Å². The summed E-state index contributed by atoms with van der Waals surface area (Å²) in [5, 5.41) is 8.56. The van der Waals surface area contributed by atoms with E-state index in [0.717, 1.165) is 25.0 Å². The Morgan fingerprint density at radius 3 is 2.49 bits per heavy atom. The van der Waals surface area contributed by atoms with E-state index in [2.05, 4.69) is 5.10 Å². The van der Waals surface area contributed by atoms with Gasteiger partial charge in [0.1, 0.15) is 5.69 Å². The van der Waals surface area contributed by atoms with Crippen molar-refractivity contribution in [1.29, 1.82) is 0 Å². The molecule has 0 saturated heterocycles. The molecule has 216 valence electrons. The number of alkyl halides is 3. The van der Waals surface area contributed by atoms with Crippen LogP contribution in [0.3, 0.4) is 0 Å². The fourth-order valence-corrected chi connectivity index (χ4v) is 5.99. The molecule has 3 atom stereocenters. The molecule has 3 aliphatic rings. The van der Waals surface area contributed by atoms with Gasteiger partial charge in [0.05, 0.1) is 47.1 Å². The summed E-state index contributed by atoms with van der Waals surface area (Å²) in [5.74, 6) is -0.877. The van der Waals surface area contributed by atoms with Crippen molar-refractivity contribution in [2.75, 3.05) is 6.54 Å². The average molecular weight is 589 g/mol. The van der Waals surface area contributed by atoms with Crippen molar-refractivity contribution in [3.8, 4) is 0 Å². The number of carbonyl (C=O) groups is 2. The molecular weight excluding hydrogens is 561 g/mol. The Morgan fingerprint density at radius 2 is 1.83 bits per heavy atom. The summed E-state index contributed by atoms with van der Waals surface area (Å²) < 4.78 is 43.5. The van der Waals surface area contributed by atoms with Gasteiger partial charge in [-0.05, 0) is 57.4 Å². The fourth-order valence-electron chi connectivity index (χ4n) is 5.77. The molecule has 4 heterocycles. The molecule has 41 heavy (non-hydrogen) atoms. The van der Waals surface area contributed by atoms with Crippen LogP contribution in [0, 0.1) is 0 Å². The molecule has 3 aromatic rings. The monoisotopic (exact) mass is 588 g/mol. The van der Waals surface area contributed by atoms with E-state index in [4.69, 9.17) is 16.7 Å². The highest BCUT2D eigenvalue weighted by molar-refractivity contribution is 6.31. The maximum Gasteiger partial charge on any atom is 0.417 e. The molecule has 6 rings (SSSR count). The molecule has 1 aliphatic carbocycles. The molecule has 0 radical (unpaired) electrons. The van der Waals surface area contributed by atoms with Gasteiger partial charge in [0.25, 0.3) is 17.4 Å². The van der Waals surface area contributed by atoms with Gasteiger partial charge in [0, 0.05) is 36.2 Å². The van der Waals surface area contributed by atoms with E-state index in [9.17, 15) is 27.6 Å². The van der Waals surface area contributed by atoms with Crippen LogP contribution in [0.4, 0.5) is 13.2 Å². The molecule has 2 amide bonds. The van der Waals surface area contributed by atoms with Gasteiger partial charge < -0.3 is 9.80 Å². The zero-order valence-corrected chi connectivity index (χ0v) is 23.4. The molecule has 0 spiro atoms. The predicted octanol–water partition coefficient (Wildman–Crippen LogP) is 4.81. The molecule has 2 aliphatic heterocycles. The van der Waals surface area contributed by atoms with Gasteiger partial charge in [-0.25, -0.2) is 4.68 Å². The first kappa shape index (κ1) is 27.5. The normalized spacial score (nSPS) is 21.5. The lowest BCUT2D eigenvalue weighted by Gasteiger charge is -2.37. The van der Waals surface area contributed by atoms with Crippen LogP contribution >= 0.6 is 11.6 Å². The Labute approximate surface area is 238 Å². The molecule has 13 heteroatoms. The molecule has 1 saturated carbocycles. The maximum atomic E-state index is 13.9. The van der Waals surface area contributed by atoms with Crippen molar-refractivity contribution in [2.45, 2.75) is 76.9 Å². The first-order chi connectivity index (χ1) is 19.3. The standard InChI is InChI=1S/C28H28ClF3N6O3/c1-14-8-23-20(13-35(14)26(40)17-4-7-22(29)21(9-17)28(30,31)32)25-27(41)36(12-15(2)37(25)34-23)16(3)18-10-24(39)38(33-11-18)19-5-6-19/h4,7,9-11,14-16,19H,5-6,8,12-13H2,1-3H3/t14-,15-,16?/m1/s1. The second-order valence-electron chi connectivity index (χ2n) is 11.2. The molecule has 1 unspecified atom stereocenters. The summed E-state index contributed by atoms with van der Waals surface area (Å²) in [6.07, 6.45) is -0.870. The maximum absolute atomic E-state index is 13.9. The van der Waals surface area contributed by atoms with Gasteiger partial charge in [0.15, 0.2) is 0 Å². The van der Waals surface area contributed by atoms with E-state index in [1.165, 1.54) is 21.7 Å². The quantitative estimate of drug-likeness (QED) is 0.436. The van der Waals surface area contributed by atoms with Gasteiger partial charge in [-0.15, -0.1) is 0 Å². The van der Waals surface area contributed by atoms with Crippen molar-refractivity contribution in [3.05, 3.63) is 79.5 Å². The van der Waals surface area contributed by atoms with Crippen LogP contribution < -0.4 is 5.56 Å². The van der Waals surface area contributed by atoms with E-state index in [-0.39, 0.29) is 41.7 Å². The summed E-state index contributed by atoms with van der Waals surface area (Å²) >= 11 is 5.76. The summed E-state index contributed by atoms with van der Waals surface area (Å²) in [5.41, 5.74) is 0.831. The molecular formula is C28H28ClF3N6O3. The Balaban J connectivity index is 1.30. The third kappa shape index (κ3) is 4.71. The van der Waals surface area contributed by atoms with Crippen LogP contribution in [0.1, 0.15) is 95.0 Å². The van der Waals surface area contributed by atoms with Gasteiger partial charge in [-0.1, -0.05) is 11.6 Å². The van der Waals surface area contributed by atoms with E-state index in [0.29, 0.717) is 35.5 Å². The Kier molecular flexibility index (Phi) is 6.51. The van der Waals surface area contributed by atoms with Crippen LogP contribution in [0.15, 0.2) is 35.3 Å². The lowest BCUT2D eigenvalue weighted by molar-refractivity contribution is -0.137. The predicted molar refractivity (Wildman–Crippen MR) is 143 cm³/mol. The second kappa shape index (κ2) is 9.71. The Bertz CT molecular complexity index is 1630. The lowest BCUT2D eigenvalue weighted by Crippen LogP contribution is -2.46. The number of carbonyl (C=O) groups excluding carboxylic acids is 2. The van der Waals surface area contributed by atoms with Gasteiger partial charge >= 0.3 is 6.18 Å². The van der Waals surface area contributed by atoms with Crippen LogP contribution in [0.5, 0.6) is 0 Å². The number of amides is 2. The third-order valence-electron chi connectivity index (χ3n) is 8.25. The largest absolute Gasteiger partial charge is 0.417 e. The smallest absolute Gasteiger partial charge is 0.331 e. The number of benzene rings is 1. The third-order valence-corrected chi connectivity index (χ3v) is 8.58. The number of hydrogen-bond acceptors (Lipinski definition) is 5. The van der Waals surface area contributed by atoms with E-state index >= 15 is 0 Å². The number of fused-ring (bicyclic) bond motifs is 3. The van der Waals surface area contributed by atoms with E-state index < -0.39 is 28.7 Å². The van der Waals surface area contributed by atoms with Crippen molar-refractivity contribution >= 4 is 23.4 Å². The summed E-state index contributed by atoms with van der Waals surface area (Å²) in [7, 11) is 0. The van der Waals surface area contributed by atoms with Crippen molar-refractivity contribution in [2.24, 2.45) is 0 Å². The molecule has 0 N–H and O–H groups in total. The molecule has 1 aromatic carbocycles. The highest BCUT2D eigenvalue weighted by Gasteiger charge is 2.41. The summed E-state index contributed by atoms with van der Waals surface area (Å²) in [4.78, 5) is 43.2. The molecule has 0 bridgehead atoms. The van der Waals surface area contributed by atoms with Gasteiger partial charge in [-0.3, -0.25) is 19.1 Å². The Morgan fingerprint density at radius 1 is 1.10 bits per heavy atom. The minimum absolute atomic E-state index is 0.0221. The molecule has 9 nitrogen and oxygen atoms in total. The average Bonchev–Trinajstić information content (AvgIpc) is 3.69. The van der Waals surface area contributed by atoms with E-state index in [1.54, 1.807) is 22.7 Å². The molecule has 1 fully saturated rings. The second-order valence-corrected chi connectivity index (χ2v) is 11.6. The number of rotatable bonds is 4. The van der Waals surface area contributed by atoms with Crippen LogP contribution in [0.2, 0.25) is 5.02 Å². The summed E-state index contributed by atoms with van der Waals surface area (Å²) in [6.45, 7) is 5.97. The van der Waals surface area contributed by atoms with Gasteiger partial charge in [-0.2, -0.15) is 23.4 Å².